The molecule has 0 saturated heterocycles. The molecule has 1 unspecified atom stereocenters. The van der Waals surface area contributed by atoms with E-state index in [1.54, 1.807) is 20.8 Å². The molecule has 1 aromatic carbocycles. The molecule has 0 spiro atoms. The summed E-state index contributed by atoms with van der Waals surface area (Å²) in [6.45, 7) is 6.13. The van der Waals surface area contributed by atoms with E-state index >= 15 is 0 Å². The summed E-state index contributed by atoms with van der Waals surface area (Å²) in [7, 11) is 0. The fraction of sp³-hybridized carbons (Fsp3) is 0.368. The molecule has 2 aromatic rings. The van der Waals surface area contributed by atoms with Crippen molar-refractivity contribution in [3.63, 3.8) is 0 Å². The first-order valence-electron chi connectivity index (χ1n) is 8.41. The van der Waals surface area contributed by atoms with Gasteiger partial charge < -0.3 is 19.8 Å². The lowest BCUT2D eigenvalue weighted by Gasteiger charge is -2.26. The molecule has 1 aliphatic rings. The fourth-order valence-corrected chi connectivity index (χ4v) is 3.22. The van der Waals surface area contributed by atoms with Crippen LogP contribution in [0, 0.1) is 13.8 Å². The number of carbonyl (C=O) groups excluding carboxylic acids is 2. The van der Waals surface area contributed by atoms with E-state index in [-0.39, 0.29) is 18.6 Å². The zero-order chi connectivity index (χ0) is 18.0. The van der Waals surface area contributed by atoms with Crippen LogP contribution < -0.4 is 10.1 Å². The van der Waals surface area contributed by atoms with Crippen LogP contribution in [-0.4, -0.2) is 30.1 Å². The lowest BCUT2D eigenvalue weighted by atomic mass is 9.99. The van der Waals surface area contributed by atoms with E-state index in [0.717, 1.165) is 11.3 Å². The Morgan fingerprint density at radius 1 is 1.32 bits per heavy atom. The number of fused-ring (bicyclic) bond motifs is 1. The minimum Gasteiger partial charge on any atom is -0.493 e. The molecular formula is C19H22N2O4. The molecule has 1 aliphatic heterocycles. The Hall–Kier alpha value is -2.76. The highest BCUT2D eigenvalue weighted by Crippen LogP contribution is 2.32. The monoisotopic (exact) mass is 342 g/mol. The van der Waals surface area contributed by atoms with Gasteiger partial charge >= 0.3 is 5.97 Å². The van der Waals surface area contributed by atoms with Crippen molar-refractivity contribution in [1.82, 2.24) is 10.3 Å². The number of rotatable bonds is 4. The minimum absolute atomic E-state index is 0.114. The largest absolute Gasteiger partial charge is 0.493 e. The fourth-order valence-electron chi connectivity index (χ4n) is 3.22. The van der Waals surface area contributed by atoms with Crippen molar-refractivity contribution in [2.75, 3.05) is 13.2 Å². The maximum absolute atomic E-state index is 12.8. The van der Waals surface area contributed by atoms with Crippen LogP contribution in [0.5, 0.6) is 5.75 Å². The Bertz CT molecular complexity index is 810. The lowest BCUT2D eigenvalue weighted by Crippen LogP contribution is -2.32. The summed E-state index contributed by atoms with van der Waals surface area (Å²) in [4.78, 5) is 27.8. The van der Waals surface area contributed by atoms with Crippen LogP contribution in [0.15, 0.2) is 24.3 Å². The molecule has 132 valence electrons. The van der Waals surface area contributed by atoms with Gasteiger partial charge in [0, 0.05) is 17.7 Å². The molecule has 0 bridgehead atoms. The van der Waals surface area contributed by atoms with Crippen LogP contribution in [0.4, 0.5) is 0 Å². The van der Waals surface area contributed by atoms with Gasteiger partial charge in [-0.25, -0.2) is 4.79 Å². The molecule has 2 heterocycles. The number of amides is 1. The molecule has 1 aromatic heterocycles. The van der Waals surface area contributed by atoms with Crippen molar-refractivity contribution < 1.29 is 19.1 Å². The Labute approximate surface area is 146 Å². The Morgan fingerprint density at radius 2 is 2.08 bits per heavy atom. The summed E-state index contributed by atoms with van der Waals surface area (Å²) >= 11 is 0. The number of aromatic nitrogens is 1. The number of aromatic amines is 1. The van der Waals surface area contributed by atoms with E-state index in [9.17, 15) is 9.59 Å². The van der Waals surface area contributed by atoms with Crippen LogP contribution in [-0.2, 0) is 4.74 Å². The normalized spacial score (nSPS) is 15.9. The van der Waals surface area contributed by atoms with Gasteiger partial charge in [-0.05, 0) is 32.4 Å². The second-order valence-electron chi connectivity index (χ2n) is 6.05. The maximum atomic E-state index is 12.8. The molecule has 3 rings (SSSR count). The number of hydrogen-bond acceptors (Lipinski definition) is 4. The molecule has 0 radical (unpaired) electrons. The number of aryl methyl sites for hydroxylation is 1. The van der Waals surface area contributed by atoms with Crippen LogP contribution in [0.2, 0.25) is 0 Å². The summed E-state index contributed by atoms with van der Waals surface area (Å²) in [5.74, 6) is 0.149. The number of ether oxygens (including phenoxy) is 2. The number of esters is 1. The van der Waals surface area contributed by atoms with Crippen molar-refractivity contribution in [2.45, 2.75) is 33.2 Å². The van der Waals surface area contributed by atoms with Crippen LogP contribution >= 0.6 is 0 Å². The average Bonchev–Trinajstić information content (AvgIpc) is 2.90. The van der Waals surface area contributed by atoms with Gasteiger partial charge in [-0.1, -0.05) is 18.2 Å². The molecule has 0 aliphatic carbocycles. The second kappa shape index (κ2) is 7.01. The summed E-state index contributed by atoms with van der Waals surface area (Å²) in [5, 5.41) is 3.07. The Kier molecular flexibility index (Phi) is 4.79. The highest BCUT2D eigenvalue weighted by molar-refractivity contribution is 6.01. The van der Waals surface area contributed by atoms with Crippen molar-refractivity contribution in [3.05, 3.63) is 52.3 Å². The quantitative estimate of drug-likeness (QED) is 0.837. The highest BCUT2D eigenvalue weighted by Gasteiger charge is 2.27. The van der Waals surface area contributed by atoms with Crippen LogP contribution in [0.25, 0.3) is 0 Å². The summed E-state index contributed by atoms with van der Waals surface area (Å²) in [6, 6.07) is 7.59. The zero-order valence-electron chi connectivity index (χ0n) is 14.6. The predicted molar refractivity (Wildman–Crippen MR) is 93.0 cm³/mol. The van der Waals surface area contributed by atoms with Crippen LogP contribution in [0.1, 0.15) is 57.1 Å². The predicted octanol–water partition coefficient (Wildman–Crippen LogP) is 3.06. The standard InChI is InChI=1S/C19H22N2O4/c1-4-24-19(23)17-11(2)16(12(3)20-17)18(22)21-14-9-10-25-15-8-6-5-7-13(14)15/h5-8,14,20H,4,9-10H2,1-3H3,(H,21,22). The first kappa shape index (κ1) is 17.1. The number of benzene rings is 1. The number of H-pyrrole nitrogens is 1. The van der Waals surface area contributed by atoms with Gasteiger partial charge in [0.15, 0.2) is 0 Å². The second-order valence-corrected chi connectivity index (χ2v) is 6.05. The van der Waals surface area contributed by atoms with Gasteiger partial charge in [-0.3, -0.25) is 4.79 Å². The van der Waals surface area contributed by atoms with E-state index in [0.29, 0.717) is 35.5 Å². The smallest absolute Gasteiger partial charge is 0.355 e. The maximum Gasteiger partial charge on any atom is 0.355 e. The number of hydrogen-bond donors (Lipinski definition) is 2. The van der Waals surface area contributed by atoms with E-state index in [1.165, 1.54) is 0 Å². The molecule has 6 heteroatoms. The van der Waals surface area contributed by atoms with Gasteiger partial charge in [-0.2, -0.15) is 0 Å². The van der Waals surface area contributed by atoms with Gasteiger partial charge in [0.2, 0.25) is 0 Å². The van der Waals surface area contributed by atoms with Gasteiger partial charge in [0.1, 0.15) is 11.4 Å². The minimum atomic E-state index is -0.446. The van der Waals surface area contributed by atoms with Gasteiger partial charge in [-0.15, -0.1) is 0 Å². The van der Waals surface area contributed by atoms with E-state index in [2.05, 4.69) is 10.3 Å². The highest BCUT2D eigenvalue weighted by atomic mass is 16.5. The van der Waals surface area contributed by atoms with E-state index in [1.807, 2.05) is 24.3 Å². The third kappa shape index (κ3) is 3.24. The third-order valence-electron chi connectivity index (χ3n) is 4.41. The van der Waals surface area contributed by atoms with E-state index in [4.69, 9.17) is 9.47 Å². The Balaban J connectivity index is 1.84. The van der Waals surface area contributed by atoms with Gasteiger partial charge in [0.25, 0.3) is 5.91 Å². The Morgan fingerprint density at radius 3 is 2.84 bits per heavy atom. The summed E-state index contributed by atoms with van der Waals surface area (Å²) < 4.78 is 10.7. The van der Waals surface area contributed by atoms with E-state index < -0.39 is 5.97 Å². The number of carbonyl (C=O) groups is 2. The number of para-hydroxylation sites is 1. The van der Waals surface area contributed by atoms with Gasteiger partial charge in [0.05, 0.1) is 24.8 Å². The van der Waals surface area contributed by atoms with Crippen molar-refractivity contribution >= 4 is 11.9 Å². The zero-order valence-corrected chi connectivity index (χ0v) is 14.6. The number of nitrogens with one attached hydrogen (secondary N) is 2. The first-order valence-corrected chi connectivity index (χ1v) is 8.41. The molecule has 6 nitrogen and oxygen atoms in total. The molecule has 0 saturated carbocycles. The SMILES string of the molecule is CCOC(=O)c1[nH]c(C)c(C(=O)NC2CCOc3ccccc32)c1C. The summed E-state index contributed by atoms with van der Waals surface area (Å²) in [6.07, 6.45) is 0.704. The lowest BCUT2D eigenvalue weighted by molar-refractivity contribution is 0.0519. The molecule has 2 N–H and O–H groups in total. The molecule has 25 heavy (non-hydrogen) atoms. The molecular weight excluding hydrogens is 320 g/mol. The van der Waals surface area contributed by atoms with Crippen molar-refractivity contribution in [3.8, 4) is 5.75 Å². The molecule has 1 amide bonds. The first-order chi connectivity index (χ1) is 12.0. The van der Waals surface area contributed by atoms with Crippen molar-refractivity contribution in [1.29, 1.82) is 0 Å². The average molecular weight is 342 g/mol. The molecule has 0 fully saturated rings. The third-order valence-corrected chi connectivity index (χ3v) is 4.41. The topological polar surface area (TPSA) is 80.4 Å². The van der Waals surface area contributed by atoms with Crippen molar-refractivity contribution in [2.24, 2.45) is 0 Å². The molecule has 1 atom stereocenters. The summed E-state index contributed by atoms with van der Waals surface area (Å²) in [5.41, 5.74) is 3.05. The van der Waals surface area contributed by atoms with Crippen LogP contribution in [0.3, 0.4) is 0 Å².